The molecule has 1 heterocycles. The van der Waals surface area contributed by atoms with E-state index in [9.17, 15) is 4.79 Å². The highest BCUT2D eigenvalue weighted by Crippen LogP contribution is 2.14. The van der Waals surface area contributed by atoms with Gasteiger partial charge < -0.3 is 11.1 Å². The molecule has 0 aliphatic carbocycles. The van der Waals surface area contributed by atoms with E-state index in [0.717, 1.165) is 5.56 Å². The number of benzene rings is 1. The van der Waals surface area contributed by atoms with Crippen LogP contribution in [0.1, 0.15) is 29.0 Å². The molecule has 0 fully saturated rings. The van der Waals surface area contributed by atoms with Crippen LogP contribution in [0.2, 0.25) is 0 Å². The van der Waals surface area contributed by atoms with Gasteiger partial charge in [-0.05, 0) is 12.5 Å². The van der Waals surface area contributed by atoms with Gasteiger partial charge in [-0.3, -0.25) is 9.48 Å². The van der Waals surface area contributed by atoms with Crippen LogP contribution in [0.5, 0.6) is 0 Å². The fourth-order valence-electron chi connectivity index (χ4n) is 1.77. The topological polar surface area (TPSA) is 72.9 Å². The van der Waals surface area contributed by atoms with Gasteiger partial charge >= 0.3 is 0 Å². The zero-order valence-electron chi connectivity index (χ0n) is 10.4. The molecular weight excluding hydrogens is 228 g/mol. The molecule has 0 saturated heterocycles. The molecule has 5 nitrogen and oxygen atoms in total. The summed E-state index contributed by atoms with van der Waals surface area (Å²) in [5.74, 6) is -0.260. The van der Waals surface area contributed by atoms with E-state index in [-0.39, 0.29) is 17.6 Å². The lowest BCUT2D eigenvalue weighted by Crippen LogP contribution is -2.27. The van der Waals surface area contributed by atoms with Crippen LogP contribution in [0.15, 0.2) is 36.5 Å². The number of carbonyl (C=O) groups is 1. The van der Waals surface area contributed by atoms with E-state index in [1.165, 1.54) is 4.68 Å². The molecule has 3 N–H and O–H groups in total. The Morgan fingerprint density at radius 3 is 2.61 bits per heavy atom. The van der Waals surface area contributed by atoms with Crippen molar-refractivity contribution in [2.24, 2.45) is 7.05 Å². The minimum absolute atomic E-state index is 0.0832. The molecule has 0 aliphatic heterocycles. The van der Waals surface area contributed by atoms with Gasteiger partial charge in [0.25, 0.3) is 5.91 Å². The number of nitrogens with zero attached hydrogens (tertiary/aromatic N) is 2. The average Bonchev–Trinajstić information content (AvgIpc) is 2.69. The van der Waals surface area contributed by atoms with Gasteiger partial charge in [-0.2, -0.15) is 5.10 Å². The van der Waals surface area contributed by atoms with Crippen LogP contribution in [-0.4, -0.2) is 15.7 Å². The van der Waals surface area contributed by atoms with E-state index in [2.05, 4.69) is 10.4 Å². The summed E-state index contributed by atoms with van der Waals surface area (Å²) in [5.41, 5.74) is 7.40. The van der Waals surface area contributed by atoms with Crippen LogP contribution in [0.4, 0.5) is 5.69 Å². The van der Waals surface area contributed by atoms with Gasteiger partial charge in [0.15, 0.2) is 5.69 Å². The number of aromatic nitrogens is 2. The van der Waals surface area contributed by atoms with E-state index in [1.807, 2.05) is 37.3 Å². The van der Waals surface area contributed by atoms with Crippen LogP contribution in [0.25, 0.3) is 0 Å². The van der Waals surface area contributed by atoms with Crippen molar-refractivity contribution in [3.8, 4) is 0 Å². The smallest absolute Gasteiger partial charge is 0.274 e. The lowest BCUT2D eigenvalue weighted by atomic mass is 10.1. The van der Waals surface area contributed by atoms with Crippen LogP contribution < -0.4 is 11.1 Å². The maximum Gasteiger partial charge on any atom is 0.274 e. The summed E-state index contributed by atoms with van der Waals surface area (Å²) in [6.45, 7) is 1.92. The molecule has 0 saturated carbocycles. The molecule has 94 valence electrons. The van der Waals surface area contributed by atoms with Crippen molar-refractivity contribution >= 4 is 11.6 Å². The Morgan fingerprint density at radius 1 is 1.39 bits per heavy atom. The minimum atomic E-state index is -0.260. The highest BCUT2D eigenvalue weighted by atomic mass is 16.2. The molecule has 0 spiro atoms. The predicted octanol–water partition coefficient (Wildman–Crippen LogP) is 1.49. The largest absolute Gasteiger partial charge is 0.396 e. The van der Waals surface area contributed by atoms with Crippen molar-refractivity contribution < 1.29 is 4.79 Å². The zero-order valence-corrected chi connectivity index (χ0v) is 10.4. The summed E-state index contributed by atoms with van der Waals surface area (Å²) in [6, 6.07) is 9.66. The molecule has 2 rings (SSSR count). The summed E-state index contributed by atoms with van der Waals surface area (Å²) in [6.07, 6.45) is 1.61. The second-order valence-corrected chi connectivity index (χ2v) is 4.21. The third-order valence-corrected chi connectivity index (χ3v) is 2.72. The lowest BCUT2D eigenvalue weighted by Gasteiger charge is -2.13. The highest BCUT2D eigenvalue weighted by Gasteiger charge is 2.16. The monoisotopic (exact) mass is 244 g/mol. The zero-order chi connectivity index (χ0) is 13.1. The Hall–Kier alpha value is -2.30. The standard InChI is InChI=1S/C13H16N4O/c1-9(10-6-4-3-5-7-10)15-13(18)12-11(14)8-17(2)16-12/h3-9H,14H2,1-2H3,(H,15,18)/t9-/m0/s1. The molecule has 0 aliphatic rings. The van der Waals surface area contributed by atoms with E-state index in [1.54, 1.807) is 13.2 Å². The summed E-state index contributed by atoms with van der Waals surface area (Å²) in [4.78, 5) is 12.0. The second kappa shape index (κ2) is 4.91. The Morgan fingerprint density at radius 2 is 2.06 bits per heavy atom. The second-order valence-electron chi connectivity index (χ2n) is 4.21. The molecular formula is C13H16N4O. The number of hydrogen-bond acceptors (Lipinski definition) is 3. The fraction of sp³-hybridized carbons (Fsp3) is 0.231. The molecule has 1 aromatic heterocycles. The lowest BCUT2D eigenvalue weighted by molar-refractivity contribution is 0.0935. The first-order valence-corrected chi connectivity index (χ1v) is 5.73. The molecule has 1 aromatic carbocycles. The van der Waals surface area contributed by atoms with E-state index in [0.29, 0.717) is 5.69 Å². The fourth-order valence-corrected chi connectivity index (χ4v) is 1.77. The Bertz CT molecular complexity index is 547. The number of nitrogens with one attached hydrogen (secondary N) is 1. The summed E-state index contributed by atoms with van der Waals surface area (Å²) >= 11 is 0. The van der Waals surface area contributed by atoms with Crippen molar-refractivity contribution in [2.45, 2.75) is 13.0 Å². The van der Waals surface area contributed by atoms with Crippen LogP contribution in [0.3, 0.4) is 0 Å². The number of amides is 1. The number of rotatable bonds is 3. The van der Waals surface area contributed by atoms with Crippen molar-refractivity contribution in [2.75, 3.05) is 5.73 Å². The van der Waals surface area contributed by atoms with E-state index in [4.69, 9.17) is 5.73 Å². The number of carbonyl (C=O) groups excluding carboxylic acids is 1. The van der Waals surface area contributed by atoms with Crippen LogP contribution >= 0.6 is 0 Å². The van der Waals surface area contributed by atoms with Gasteiger partial charge in [-0.1, -0.05) is 30.3 Å². The third-order valence-electron chi connectivity index (χ3n) is 2.72. The molecule has 0 radical (unpaired) electrons. The van der Waals surface area contributed by atoms with Gasteiger partial charge in [-0.15, -0.1) is 0 Å². The van der Waals surface area contributed by atoms with Crippen molar-refractivity contribution in [1.82, 2.24) is 15.1 Å². The average molecular weight is 244 g/mol. The Balaban J connectivity index is 2.10. The molecule has 18 heavy (non-hydrogen) atoms. The van der Waals surface area contributed by atoms with E-state index < -0.39 is 0 Å². The molecule has 5 heteroatoms. The van der Waals surface area contributed by atoms with Crippen molar-refractivity contribution in [3.05, 3.63) is 47.8 Å². The molecule has 0 bridgehead atoms. The first-order chi connectivity index (χ1) is 8.58. The number of hydrogen-bond donors (Lipinski definition) is 2. The van der Waals surface area contributed by atoms with E-state index >= 15 is 0 Å². The molecule has 1 amide bonds. The quantitative estimate of drug-likeness (QED) is 0.859. The van der Waals surface area contributed by atoms with Gasteiger partial charge in [-0.25, -0.2) is 0 Å². The first-order valence-electron chi connectivity index (χ1n) is 5.73. The maximum atomic E-state index is 12.0. The SMILES string of the molecule is C[C@H](NC(=O)c1nn(C)cc1N)c1ccccc1. The molecule has 1 atom stereocenters. The number of anilines is 1. The third kappa shape index (κ3) is 2.51. The van der Waals surface area contributed by atoms with Gasteiger partial charge in [0, 0.05) is 13.2 Å². The number of aryl methyl sites for hydroxylation is 1. The number of nitrogen functional groups attached to an aromatic ring is 1. The van der Waals surface area contributed by atoms with Crippen molar-refractivity contribution in [3.63, 3.8) is 0 Å². The first kappa shape index (κ1) is 12.2. The maximum absolute atomic E-state index is 12.0. The predicted molar refractivity (Wildman–Crippen MR) is 69.9 cm³/mol. The highest BCUT2D eigenvalue weighted by molar-refractivity contribution is 5.97. The molecule has 2 aromatic rings. The molecule has 0 unspecified atom stereocenters. The summed E-state index contributed by atoms with van der Waals surface area (Å²) < 4.78 is 1.53. The minimum Gasteiger partial charge on any atom is -0.396 e. The summed E-state index contributed by atoms with van der Waals surface area (Å²) in [5, 5.41) is 6.91. The Labute approximate surface area is 106 Å². The van der Waals surface area contributed by atoms with Gasteiger partial charge in [0.05, 0.1) is 11.7 Å². The van der Waals surface area contributed by atoms with Crippen LogP contribution in [-0.2, 0) is 7.05 Å². The summed E-state index contributed by atoms with van der Waals surface area (Å²) in [7, 11) is 1.73. The number of nitrogens with two attached hydrogens (primary N) is 1. The van der Waals surface area contributed by atoms with Crippen LogP contribution in [0, 0.1) is 0 Å². The van der Waals surface area contributed by atoms with Gasteiger partial charge in [0.2, 0.25) is 0 Å². The van der Waals surface area contributed by atoms with Crippen molar-refractivity contribution in [1.29, 1.82) is 0 Å². The normalized spacial score (nSPS) is 12.1. The van der Waals surface area contributed by atoms with Gasteiger partial charge in [0.1, 0.15) is 0 Å². The Kier molecular flexibility index (Phi) is 3.32.